The first kappa shape index (κ1) is 23.4. The SMILES string of the molecule is CCOc1ccc(C(=O)NC(C(=O)NC(CC)c2ccc3c(c2)OCCO3)C(C)C)cc1. The van der Waals surface area contributed by atoms with Crippen LogP contribution in [0.25, 0.3) is 0 Å². The Balaban J connectivity index is 1.69. The Morgan fingerprint density at radius 1 is 0.969 bits per heavy atom. The van der Waals surface area contributed by atoms with E-state index in [2.05, 4.69) is 10.6 Å². The zero-order chi connectivity index (χ0) is 23.1. The fraction of sp³-hybridized carbons (Fsp3) is 0.440. The lowest BCUT2D eigenvalue weighted by molar-refractivity contribution is -0.124. The van der Waals surface area contributed by atoms with Gasteiger partial charge in [-0.3, -0.25) is 9.59 Å². The molecule has 172 valence electrons. The van der Waals surface area contributed by atoms with Gasteiger partial charge in [-0.05, 0) is 61.2 Å². The first-order valence-corrected chi connectivity index (χ1v) is 11.2. The molecule has 1 aliphatic heterocycles. The summed E-state index contributed by atoms with van der Waals surface area (Å²) in [7, 11) is 0. The van der Waals surface area contributed by atoms with Gasteiger partial charge in [0.25, 0.3) is 5.91 Å². The van der Waals surface area contributed by atoms with Crippen molar-refractivity contribution in [2.75, 3.05) is 19.8 Å². The molecule has 7 heteroatoms. The molecule has 2 aromatic carbocycles. The number of rotatable bonds is 9. The third kappa shape index (κ3) is 5.72. The van der Waals surface area contributed by atoms with E-state index in [0.29, 0.717) is 49.1 Å². The number of hydrogen-bond acceptors (Lipinski definition) is 5. The van der Waals surface area contributed by atoms with Crippen LogP contribution in [-0.2, 0) is 4.79 Å². The molecular weight excluding hydrogens is 408 g/mol. The number of ether oxygens (including phenoxy) is 3. The lowest BCUT2D eigenvalue weighted by atomic mass is 9.99. The minimum atomic E-state index is -0.666. The van der Waals surface area contributed by atoms with Crippen LogP contribution < -0.4 is 24.8 Å². The van der Waals surface area contributed by atoms with Gasteiger partial charge in [0.05, 0.1) is 12.6 Å². The Morgan fingerprint density at radius 3 is 2.28 bits per heavy atom. The van der Waals surface area contributed by atoms with Gasteiger partial charge in [0.2, 0.25) is 5.91 Å². The van der Waals surface area contributed by atoms with Crippen molar-refractivity contribution in [2.45, 2.75) is 46.2 Å². The maximum atomic E-state index is 13.1. The van der Waals surface area contributed by atoms with Crippen molar-refractivity contribution in [1.29, 1.82) is 0 Å². The second-order valence-electron chi connectivity index (χ2n) is 8.03. The highest BCUT2D eigenvalue weighted by molar-refractivity contribution is 5.97. The quantitative estimate of drug-likeness (QED) is 0.618. The van der Waals surface area contributed by atoms with Crippen LogP contribution in [0.4, 0.5) is 0 Å². The third-order valence-corrected chi connectivity index (χ3v) is 5.36. The highest BCUT2D eigenvalue weighted by atomic mass is 16.6. The molecule has 7 nitrogen and oxygen atoms in total. The van der Waals surface area contributed by atoms with Crippen LogP contribution in [0.2, 0.25) is 0 Å². The molecule has 2 unspecified atom stereocenters. The average molecular weight is 441 g/mol. The molecular formula is C25H32N2O5. The first-order chi connectivity index (χ1) is 15.4. The monoisotopic (exact) mass is 440 g/mol. The summed E-state index contributed by atoms with van der Waals surface area (Å²) in [6.07, 6.45) is 0.697. The van der Waals surface area contributed by atoms with Crippen LogP contribution in [-0.4, -0.2) is 37.7 Å². The van der Waals surface area contributed by atoms with Crippen LogP contribution in [0.15, 0.2) is 42.5 Å². The number of hydrogen-bond donors (Lipinski definition) is 2. The zero-order valence-corrected chi connectivity index (χ0v) is 19.1. The number of nitrogens with one attached hydrogen (secondary N) is 2. The summed E-state index contributed by atoms with van der Waals surface area (Å²) >= 11 is 0. The Bertz CT molecular complexity index is 926. The molecule has 0 fully saturated rings. The molecule has 0 saturated heterocycles. The highest BCUT2D eigenvalue weighted by Crippen LogP contribution is 2.33. The van der Waals surface area contributed by atoms with E-state index < -0.39 is 6.04 Å². The van der Waals surface area contributed by atoms with Crippen molar-refractivity contribution in [3.05, 3.63) is 53.6 Å². The van der Waals surface area contributed by atoms with E-state index in [1.165, 1.54) is 0 Å². The number of carbonyl (C=O) groups is 2. The molecule has 0 saturated carbocycles. The normalized spacial score (nSPS) is 14.4. The van der Waals surface area contributed by atoms with Gasteiger partial charge in [-0.2, -0.15) is 0 Å². The van der Waals surface area contributed by atoms with E-state index in [-0.39, 0.29) is 23.8 Å². The van der Waals surface area contributed by atoms with Gasteiger partial charge in [-0.1, -0.05) is 26.8 Å². The second kappa shape index (κ2) is 10.9. The van der Waals surface area contributed by atoms with E-state index in [1.807, 2.05) is 45.9 Å². The van der Waals surface area contributed by atoms with E-state index in [9.17, 15) is 9.59 Å². The number of carbonyl (C=O) groups excluding carboxylic acids is 2. The number of benzene rings is 2. The first-order valence-electron chi connectivity index (χ1n) is 11.2. The van der Waals surface area contributed by atoms with Gasteiger partial charge in [-0.25, -0.2) is 0 Å². The van der Waals surface area contributed by atoms with E-state index in [1.54, 1.807) is 24.3 Å². The second-order valence-corrected chi connectivity index (χ2v) is 8.03. The average Bonchev–Trinajstić information content (AvgIpc) is 2.80. The molecule has 0 bridgehead atoms. The van der Waals surface area contributed by atoms with Gasteiger partial charge in [0.1, 0.15) is 25.0 Å². The largest absolute Gasteiger partial charge is 0.494 e. The van der Waals surface area contributed by atoms with Gasteiger partial charge in [0, 0.05) is 5.56 Å². The highest BCUT2D eigenvalue weighted by Gasteiger charge is 2.27. The molecule has 2 amide bonds. The topological polar surface area (TPSA) is 85.9 Å². The molecule has 0 aromatic heterocycles. The Hall–Kier alpha value is -3.22. The molecule has 2 atom stereocenters. The summed E-state index contributed by atoms with van der Waals surface area (Å²) in [6, 6.07) is 11.7. The van der Waals surface area contributed by atoms with Crippen molar-refractivity contribution in [3.63, 3.8) is 0 Å². The van der Waals surface area contributed by atoms with E-state index in [4.69, 9.17) is 14.2 Å². The molecule has 32 heavy (non-hydrogen) atoms. The van der Waals surface area contributed by atoms with Crippen molar-refractivity contribution in [1.82, 2.24) is 10.6 Å². The van der Waals surface area contributed by atoms with E-state index in [0.717, 1.165) is 5.56 Å². The van der Waals surface area contributed by atoms with Gasteiger partial charge < -0.3 is 24.8 Å². The predicted octanol–water partition coefficient (Wildman–Crippen LogP) is 3.88. The Kier molecular flexibility index (Phi) is 7.98. The summed E-state index contributed by atoms with van der Waals surface area (Å²) in [4.78, 5) is 25.9. The lowest BCUT2D eigenvalue weighted by Gasteiger charge is -2.26. The fourth-order valence-corrected chi connectivity index (χ4v) is 3.59. The van der Waals surface area contributed by atoms with E-state index >= 15 is 0 Å². The number of amides is 2. The van der Waals surface area contributed by atoms with Crippen molar-refractivity contribution < 1.29 is 23.8 Å². The molecule has 3 rings (SSSR count). The van der Waals surface area contributed by atoms with Crippen LogP contribution in [0.3, 0.4) is 0 Å². The molecule has 2 N–H and O–H groups in total. The van der Waals surface area contributed by atoms with Crippen LogP contribution in [0.5, 0.6) is 17.2 Å². The summed E-state index contributed by atoms with van der Waals surface area (Å²) in [5.41, 5.74) is 1.41. The summed E-state index contributed by atoms with van der Waals surface area (Å²) in [6.45, 7) is 9.33. The maximum Gasteiger partial charge on any atom is 0.251 e. The standard InChI is InChI=1S/C25H32N2O5/c1-5-20(18-9-12-21-22(15-18)32-14-13-31-21)26-25(29)23(16(3)4)27-24(28)17-7-10-19(11-8-17)30-6-2/h7-12,15-16,20,23H,5-6,13-14H2,1-4H3,(H,26,29)(H,27,28). The molecule has 0 aliphatic carbocycles. The minimum Gasteiger partial charge on any atom is -0.494 e. The predicted molar refractivity (Wildman–Crippen MR) is 122 cm³/mol. The lowest BCUT2D eigenvalue weighted by Crippen LogP contribution is -2.50. The van der Waals surface area contributed by atoms with Gasteiger partial charge >= 0.3 is 0 Å². The van der Waals surface area contributed by atoms with Crippen molar-refractivity contribution in [2.24, 2.45) is 5.92 Å². The zero-order valence-electron chi connectivity index (χ0n) is 19.1. The summed E-state index contributed by atoms with van der Waals surface area (Å²) < 4.78 is 16.7. The van der Waals surface area contributed by atoms with Crippen LogP contribution in [0.1, 0.15) is 56.1 Å². The van der Waals surface area contributed by atoms with Crippen LogP contribution in [0, 0.1) is 5.92 Å². The Labute approximate surface area is 189 Å². The van der Waals surface area contributed by atoms with Crippen LogP contribution >= 0.6 is 0 Å². The van der Waals surface area contributed by atoms with Gasteiger partial charge in [-0.15, -0.1) is 0 Å². The fourth-order valence-electron chi connectivity index (χ4n) is 3.59. The third-order valence-electron chi connectivity index (χ3n) is 5.36. The molecule has 1 heterocycles. The molecule has 0 spiro atoms. The molecule has 1 aliphatic rings. The molecule has 2 aromatic rings. The maximum absolute atomic E-state index is 13.1. The van der Waals surface area contributed by atoms with Gasteiger partial charge in [0.15, 0.2) is 11.5 Å². The van der Waals surface area contributed by atoms with Crippen molar-refractivity contribution >= 4 is 11.8 Å². The van der Waals surface area contributed by atoms with Crippen molar-refractivity contribution in [3.8, 4) is 17.2 Å². The number of fused-ring (bicyclic) bond motifs is 1. The Morgan fingerprint density at radius 2 is 1.66 bits per heavy atom. The minimum absolute atomic E-state index is 0.0839. The summed E-state index contributed by atoms with van der Waals surface area (Å²) in [5.74, 6) is 1.50. The summed E-state index contributed by atoms with van der Waals surface area (Å²) in [5, 5.41) is 5.96. The smallest absolute Gasteiger partial charge is 0.251 e. The molecule has 0 radical (unpaired) electrons.